The van der Waals surface area contributed by atoms with Crippen LogP contribution in [0, 0.1) is 5.92 Å². The summed E-state index contributed by atoms with van der Waals surface area (Å²) < 4.78 is 0. The van der Waals surface area contributed by atoms with E-state index in [1.165, 1.54) is 50.5 Å². The van der Waals surface area contributed by atoms with E-state index in [1.54, 1.807) is 6.07 Å². The Labute approximate surface area is 103 Å². The highest BCUT2D eigenvalue weighted by Gasteiger charge is 2.45. The zero-order valence-electron chi connectivity index (χ0n) is 10.3. The lowest BCUT2D eigenvalue weighted by atomic mass is 9.64. The Morgan fingerprint density at radius 3 is 2.71 bits per heavy atom. The summed E-state index contributed by atoms with van der Waals surface area (Å²) in [6.45, 7) is 0. The molecule has 3 N–H and O–H groups in total. The Morgan fingerprint density at radius 2 is 1.88 bits per heavy atom. The van der Waals surface area contributed by atoms with E-state index in [1.807, 2.05) is 6.07 Å². The lowest BCUT2D eigenvalue weighted by molar-refractivity contribution is 0.221. The Bertz CT molecular complexity index is 429. The monoisotopic (exact) mass is 231 g/mol. The molecule has 2 atom stereocenters. The molecule has 0 bridgehead atoms. The van der Waals surface area contributed by atoms with Gasteiger partial charge in [0.2, 0.25) is 0 Å². The molecule has 0 aromatic heterocycles. The molecule has 0 radical (unpaired) electrons. The van der Waals surface area contributed by atoms with Gasteiger partial charge in [-0.25, -0.2) is 0 Å². The molecule has 1 aromatic carbocycles. The molecule has 0 aliphatic heterocycles. The number of fused-ring (bicyclic) bond motifs is 1. The SMILES string of the molecule is Nc1cc(C23CCCCC2CCC3)ccc1O. The number of hydrogen-bond acceptors (Lipinski definition) is 2. The topological polar surface area (TPSA) is 46.2 Å². The summed E-state index contributed by atoms with van der Waals surface area (Å²) in [6.07, 6.45) is 9.45. The van der Waals surface area contributed by atoms with Crippen LogP contribution in [-0.2, 0) is 5.41 Å². The fourth-order valence-corrected chi connectivity index (χ4v) is 4.11. The normalized spacial score (nSPS) is 32.4. The predicted octanol–water partition coefficient (Wildman–Crippen LogP) is 3.59. The molecule has 17 heavy (non-hydrogen) atoms. The Balaban J connectivity index is 2.02. The Kier molecular flexibility index (Phi) is 2.53. The number of nitrogen functional groups attached to an aromatic ring is 1. The van der Waals surface area contributed by atoms with Gasteiger partial charge in [-0.15, -0.1) is 0 Å². The van der Waals surface area contributed by atoms with Crippen molar-refractivity contribution in [1.82, 2.24) is 0 Å². The quantitative estimate of drug-likeness (QED) is 0.573. The molecule has 0 saturated heterocycles. The summed E-state index contributed by atoms with van der Waals surface area (Å²) in [5.74, 6) is 1.07. The fraction of sp³-hybridized carbons (Fsp3) is 0.600. The van der Waals surface area contributed by atoms with Crippen LogP contribution >= 0.6 is 0 Å². The number of phenolic OH excluding ortho intramolecular Hbond substituents is 1. The van der Waals surface area contributed by atoms with Gasteiger partial charge in [-0.2, -0.15) is 0 Å². The summed E-state index contributed by atoms with van der Waals surface area (Å²) in [5.41, 5.74) is 8.14. The maximum absolute atomic E-state index is 9.56. The molecule has 0 amide bonds. The van der Waals surface area contributed by atoms with Gasteiger partial charge < -0.3 is 10.8 Å². The summed E-state index contributed by atoms with van der Waals surface area (Å²) in [7, 11) is 0. The largest absolute Gasteiger partial charge is 0.506 e. The standard InChI is InChI=1S/C15H21NO/c16-13-10-12(6-7-14(13)17)15-8-2-1-4-11(15)5-3-9-15/h6-7,10-11,17H,1-5,8-9,16H2. The second-order valence-corrected chi connectivity index (χ2v) is 5.76. The van der Waals surface area contributed by atoms with E-state index in [0.717, 1.165) is 5.92 Å². The van der Waals surface area contributed by atoms with E-state index in [2.05, 4.69) is 6.07 Å². The number of anilines is 1. The molecule has 2 nitrogen and oxygen atoms in total. The zero-order chi connectivity index (χ0) is 11.9. The molecule has 2 aliphatic carbocycles. The van der Waals surface area contributed by atoms with Crippen LogP contribution in [0.3, 0.4) is 0 Å². The summed E-state index contributed by atoms with van der Waals surface area (Å²) in [5, 5.41) is 9.56. The Morgan fingerprint density at radius 1 is 1.12 bits per heavy atom. The van der Waals surface area contributed by atoms with Crippen molar-refractivity contribution in [3.8, 4) is 5.75 Å². The van der Waals surface area contributed by atoms with Gasteiger partial charge in [-0.05, 0) is 54.7 Å². The van der Waals surface area contributed by atoms with Gasteiger partial charge >= 0.3 is 0 Å². The highest BCUT2D eigenvalue weighted by Crippen LogP contribution is 2.54. The maximum Gasteiger partial charge on any atom is 0.138 e. The third-order valence-corrected chi connectivity index (χ3v) is 4.98. The zero-order valence-corrected chi connectivity index (χ0v) is 10.3. The molecule has 3 rings (SSSR count). The molecule has 2 aliphatic rings. The van der Waals surface area contributed by atoms with Crippen molar-refractivity contribution in [2.45, 2.75) is 50.4 Å². The summed E-state index contributed by atoms with van der Waals surface area (Å²) >= 11 is 0. The van der Waals surface area contributed by atoms with Gasteiger partial charge in [0, 0.05) is 0 Å². The van der Waals surface area contributed by atoms with E-state index in [4.69, 9.17) is 5.73 Å². The maximum atomic E-state index is 9.56. The van der Waals surface area contributed by atoms with Gasteiger partial charge in [-0.1, -0.05) is 25.3 Å². The number of phenols is 1. The molecular formula is C15H21NO. The minimum Gasteiger partial charge on any atom is -0.506 e. The van der Waals surface area contributed by atoms with Crippen LogP contribution in [0.4, 0.5) is 5.69 Å². The van der Waals surface area contributed by atoms with Gasteiger partial charge in [0.25, 0.3) is 0 Å². The smallest absolute Gasteiger partial charge is 0.138 e. The highest BCUT2D eigenvalue weighted by atomic mass is 16.3. The van der Waals surface area contributed by atoms with Crippen molar-refractivity contribution in [3.63, 3.8) is 0 Å². The van der Waals surface area contributed by atoms with Gasteiger partial charge in [0.1, 0.15) is 5.75 Å². The minimum absolute atomic E-state index is 0.218. The summed E-state index contributed by atoms with van der Waals surface area (Å²) in [6, 6.07) is 5.87. The molecule has 2 unspecified atom stereocenters. The van der Waals surface area contributed by atoms with Crippen molar-refractivity contribution in [2.24, 2.45) is 5.92 Å². The molecule has 1 aromatic rings. The predicted molar refractivity (Wildman–Crippen MR) is 70.0 cm³/mol. The van der Waals surface area contributed by atoms with Crippen molar-refractivity contribution < 1.29 is 5.11 Å². The first-order valence-corrected chi connectivity index (χ1v) is 6.81. The second kappa shape index (κ2) is 3.94. The second-order valence-electron chi connectivity index (χ2n) is 5.76. The third-order valence-electron chi connectivity index (χ3n) is 4.98. The Hall–Kier alpha value is -1.18. The summed E-state index contributed by atoms with van der Waals surface area (Å²) in [4.78, 5) is 0. The highest BCUT2D eigenvalue weighted by molar-refractivity contribution is 5.55. The molecule has 0 spiro atoms. The van der Waals surface area contributed by atoms with E-state index < -0.39 is 0 Å². The van der Waals surface area contributed by atoms with Crippen LogP contribution in [-0.4, -0.2) is 5.11 Å². The van der Waals surface area contributed by atoms with Crippen LogP contribution in [0.25, 0.3) is 0 Å². The van der Waals surface area contributed by atoms with Crippen molar-refractivity contribution >= 4 is 5.69 Å². The minimum atomic E-state index is 0.218. The number of hydrogen-bond donors (Lipinski definition) is 2. The average molecular weight is 231 g/mol. The first-order chi connectivity index (χ1) is 8.22. The molecule has 2 fully saturated rings. The molecular weight excluding hydrogens is 210 g/mol. The van der Waals surface area contributed by atoms with Crippen molar-refractivity contribution in [2.75, 3.05) is 5.73 Å². The number of benzene rings is 1. The lowest BCUT2D eigenvalue weighted by Gasteiger charge is -2.40. The van der Waals surface area contributed by atoms with Gasteiger partial charge in [0.15, 0.2) is 0 Å². The van der Waals surface area contributed by atoms with Crippen LogP contribution in [0.2, 0.25) is 0 Å². The lowest BCUT2D eigenvalue weighted by Crippen LogP contribution is -2.33. The van der Waals surface area contributed by atoms with Crippen molar-refractivity contribution in [3.05, 3.63) is 23.8 Å². The van der Waals surface area contributed by atoms with E-state index >= 15 is 0 Å². The van der Waals surface area contributed by atoms with Crippen LogP contribution in [0.1, 0.15) is 50.5 Å². The number of nitrogens with two attached hydrogens (primary N) is 1. The van der Waals surface area contributed by atoms with Gasteiger partial charge in [0.05, 0.1) is 5.69 Å². The first kappa shape index (κ1) is 10.9. The van der Waals surface area contributed by atoms with E-state index in [0.29, 0.717) is 11.1 Å². The molecule has 92 valence electrons. The fourth-order valence-electron chi connectivity index (χ4n) is 4.11. The van der Waals surface area contributed by atoms with Crippen LogP contribution in [0.5, 0.6) is 5.75 Å². The molecule has 2 heteroatoms. The van der Waals surface area contributed by atoms with Crippen LogP contribution < -0.4 is 5.73 Å². The average Bonchev–Trinajstić information content (AvgIpc) is 2.77. The van der Waals surface area contributed by atoms with Crippen molar-refractivity contribution in [1.29, 1.82) is 0 Å². The number of aromatic hydroxyl groups is 1. The molecule has 0 heterocycles. The molecule has 2 saturated carbocycles. The van der Waals surface area contributed by atoms with Gasteiger partial charge in [-0.3, -0.25) is 0 Å². The van der Waals surface area contributed by atoms with E-state index in [9.17, 15) is 5.11 Å². The first-order valence-electron chi connectivity index (χ1n) is 6.81. The van der Waals surface area contributed by atoms with Crippen LogP contribution in [0.15, 0.2) is 18.2 Å². The number of rotatable bonds is 1. The third kappa shape index (κ3) is 1.62. The van der Waals surface area contributed by atoms with E-state index in [-0.39, 0.29) is 5.75 Å².